The number of ether oxygens (including phenoxy) is 1. The maximum atomic E-state index is 12.5. The van der Waals surface area contributed by atoms with Crippen molar-refractivity contribution in [1.29, 1.82) is 0 Å². The van der Waals surface area contributed by atoms with Crippen molar-refractivity contribution in [3.63, 3.8) is 0 Å². The monoisotopic (exact) mass is 353 g/mol. The van der Waals surface area contributed by atoms with E-state index in [4.69, 9.17) is 22.1 Å². The second kappa shape index (κ2) is 7.63. The Balaban J connectivity index is 1.51. The number of carbonyl (C=O) groups excluding carboxylic acids is 1. The van der Waals surface area contributed by atoms with Crippen molar-refractivity contribution in [1.82, 2.24) is 14.9 Å². The number of nitrogens with zero attached hydrogens (tertiary/aromatic N) is 4. The van der Waals surface area contributed by atoms with E-state index in [-0.39, 0.29) is 24.1 Å². The minimum Gasteiger partial charge on any atom is -0.367 e. The van der Waals surface area contributed by atoms with E-state index in [1.165, 1.54) is 0 Å². The largest absolute Gasteiger partial charge is 0.367 e. The van der Waals surface area contributed by atoms with Crippen molar-refractivity contribution < 1.29 is 9.53 Å². The van der Waals surface area contributed by atoms with Crippen LogP contribution in [0.25, 0.3) is 0 Å². The third kappa shape index (κ3) is 3.96. The molecule has 0 saturated carbocycles. The van der Waals surface area contributed by atoms with Crippen LogP contribution < -0.4 is 10.6 Å². The van der Waals surface area contributed by atoms with Gasteiger partial charge in [-0.3, -0.25) is 4.79 Å². The zero-order valence-corrected chi connectivity index (χ0v) is 14.7. The summed E-state index contributed by atoms with van der Waals surface area (Å²) in [6.45, 7) is 4.75. The summed E-state index contributed by atoms with van der Waals surface area (Å²) in [5, 5.41) is 0.536. The van der Waals surface area contributed by atoms with Crippen LogP contribution in [0.15, 0.2) is 12.4 Å². The first-order valence-electron chi connectivity index (χ1n) is 8.44. The summed E-state index contributed by atoms with van der Waals surface area (Å²) in [5.41, 5.74) is 5.70. The summed E-state index contributed by atoms with van der Waals surface area (Å²) < 4.78 is 5.64. The van der Waals surface area contributed by atoms with Crippen LogP contribution in [0.4, 0.5) is 5.95 Å². The van der Waals surface area contributed by atoms with Crippen LogP contribution in [0.5, 0.6) is 0 Å². The molecule has 0 bridgehead atoms. The van der Waals surface area contributed by atoms with Crippen LogP contribution >= 0.6 is 11.6 Å². The minimum absolute atomic E-state index is 0.0468. The zero-order valence-electron chi connectivity index (χ0n) is 13.9. The summed E-state index contributed by atoms with van der Waals surface area (Å²) in [6, 6.07) is 0.222. The number of piperidine rings is 1. The van der Waals surface area contributed by atoms with E-state index in [0.29, 0.717) is 17.6 Å². The molecule has 3 heterocycles. The average Bonchev–Trinajstić information content (AvgIpc) is 2.95. The first-order chi connectivity index (χ1) is 11.5. The van der Waals surface area contributed by atoms with E-state index in [9.17, 15) is 4.79 Å². The van der Waals surface area contributed by atoms with Crippen LogP contribution in [0.1, 0.15) is 26.2 Å². The van der Waals surface area contributed by atoms with Gasteiger partial charge in [0.15, 0.2) is 0 Å². The predicted octanol–water partition coefficient (Wildman–Crippen LogP) is 1.06. The highest BCUT2D eigenvalue weighted by Crippen LogP contribution is 2.25. The van der Waals surface area contributed by atoms with Gasteiger partial charge in [0, 0.05) is 38.1 Å². The second-order valence-electron chi connectivity index (χ2n) is 6.54. The Morgan fingerprint density at radius 1 is 1.29 bits per heavy atom. The number of anilines is 1. The van der Waals surface area contributed by atoms with Gasteiger partial charge < -0.3 is 20.3 Å². The van der Waals surface area contributed by atoms with Gasteiger partial charge in [0.25, 0.3) is 5.91 Å². The SMILES string of the molecule is C[C@H](N)CO[C@@H]1CCN(C2CCN(c3ncc(Cl)cn3)CC2)C1=O. The molecule has 3 rings (SSSR count). The van der Waals surface area contributed by atoms with Crippen LogP contribution in [-0.2, 0) is 9.53 Å². The normalized spacial score (nSPS) is 23.8. The van der Waals surface area contributed by atoms with E-state index < -0.39 is 0 Å². The highest BCUT2D eigenvalue weighted by molar-refractivity contribution is 6.30. The molecular formula is C16H24ClN5O2. The number of carbonyl (C=O) groups is 1. The molecule has 24 heavy (non-hydrogen) atoms. The van der Waals surface area contributed by atoms with Gasteiger partial charge in [0.05, 0.1) is 24.0 Å². The molecule has 1 aromatic heterocycles. The van der Waals surface area contributed by atoms with Crippen LogP contribution in [0, 0.1) is 0 Å². The van der Waals surface area contributed by atoms with Gasteiger partial charge >= 0.3 is 0 Å². The highest BCUT2D eigenvalue weighted by Gasteiger charge is 2.38. The van der Waals surface area contributed by atoms with E-state index in [1.807, 2.05) is 11.8 Å². The molecule has 1 amide bonds. The predicted molar refractivity (Wildman–Crippen MR) is 92.0 cm³/mol. The lowest BCUT2D eigenvalue weighted by Crippen LogP contribution is -2.47. The molecular weight excluding hydrogens is 330 g/mol. The molecule has 1 aromatic rings. The maximum Gasteiger partial charge on any atom is 0.252 e. The number of hydrogen-bond acceptors (Lipinski definition) is 6. The first kappa shape index (κ1) is 17.4. The van der Waals surface area contributed by atoms with Crippen molar-refractivity contribution in [3.8, 4) is 0 Å². The third-order valence-corrected chi connectivity index (χ3v) is 4.74. The van der Waals surface area contributed by atoms with Gasteiger partial charge in [-0.1, -0.05) is 11.6 Å². The molecule has 2 aliphatic rings. The van der Waals surface area contributed by atoms with Crippen molar-refractivity contribution in [2.45, 2.75) is 44.4 Å². The number of aromatic nitrogens is 2. The second-order valence-corrected chi connectivity index (χ2v) is 6.98. The molecule has 8 heteroatoms. The molecule has 0 radical (unpaired) electrons. The number of rotatable bonds is 5. The molecule has 2 aliphatic heterocycles. The molecule has 0 unspecified atom stereocenters. The Kier molecular flexibility index (Phi) is 5.53. The fraction of sp³-hybridized carbons (Fsp3) is 0.688. The smallest absolute Gasteiger partial charge is 0.252 e. The van der Waals surface area contributed by atoms with Gasteiger partial charge in [0.1, 0.15) is 6.10 Å². The Labute approximate surface area is 147 Å². The van der Waals surface area contributed by atoms with Crippen molar-refractivity contribution in [3.05, 3.63) is 17.4 Å². The summed E-state index contributed by atoms with van der Waals surface area (Å²) in [4.78, 5) is 25.2. The number of halogens is 1. The fourth-order valence-electron chi connectivity index (χ4n) is 3.31. The number of nitrogens with two attached hydrogens (primary N) is 1. The topological polar surface area (TPSA) is 84.6 Å². The lowest BCUT2D eigenvalue weighted by atomic mass is 10.0. The van der Waals surface area contributed by atoms with Gasteiger partial charge in [-0.15, -0.1) is 0 Å². The quantitative estimate of drug-likeness (QED) is 0.852. The van der Waals surface area contributed by atoms with Crippen molar-refractivity contribution in [2.24, 2.45) is 5.73 Å². The first-order valence-corrected chi connectivity index (χ1v) is 8.82. The van der Waals surface area contributed by atoms with Crippen LogP contribution in [-0.4, -0.2) is 65.2 Å². The number of amides is 1. The Hall–Kier alpha value is -1.44. The molecule has 7 nitrogen and oxygen atoms in total. The summed E-state index contributed by atoms with van der Waals surface area (Å²) >= 11 is 5.83. The lowest BCUT2D eigenvalue weighted by Gasteiger charge is -2.36. The van der Waals surface area contributed by atoms with Crippen LogP contribution in [0.3, 0.4) is 0 Å². The van der Waals surface area contributed by atoms with Gasteiger partial charge in [-0.05, 0) is 19.8 Å². The van der Waals surface area contributed by atoms with Gasteiger partial charge in [-0.25, -0.2) is 9.97 Å². The third-order valence-electron chi connectivity index (χ3n) is 4.55. The molecule has 2 atom stereocenters. The highest BCUT2D eigenvalue weighted by atomic mass is 35.5. The zero-order chi connectivity index (χ0) is 17.1. The van der Waals surface area contributed by atoms with E-state index >= 15 is 0 Å². The van der Waals surface area contributed by atoms with E-state index in [2.05, 4.69) is 14.9 Å². The molecule has 2 saturated heterocycles. The van der Waals surface area contributed by atoms with E-state index in [0.717, 1.165) is 38.9 Å². The molecule has 132 valence electrons. The standard InChI is InChI=1S/C16H24ClN5O2/c1-11(18)10-24-14-4-7-22(15(14)23)13-2-5-21(6-3-13)16-19-8-12(17)9-20-16/h8-9,11,13-14H,2-7,10,18H2,1H3/t11-,14+/m0/s1. The molecule has 0 spiro atoms. The Morgan fingerprint density at radius 2 is 1.96 bits per heavy atom. The van der Waals surface area contributed by atoms with Gasteiger partial charge in [0.2, 0.25) is 5.95 Å². The van der Waals surface area contributed by atoms with E-state index in [1.54, 1.807) is 12.4 Å². The summed E-state index contributed by atoms with van der Waals surface area (Å²) in [7, 11) is 0. The molecule has 0 aromatic carbocycles. The average molecular weight is 354 g/mol. The minimum atomic E-state index is -0.325. The Bertz CT molecular complexity index is 560. The lowest BCUT2D eigenvalue weighted by molar-refractivity contribution is -0.139. The maximum absolute atomic E-state index is 12.5. The van der Waals surface area contributed by atoms with Gasteiger partial charge in [-0.2, -0.15) is 0 Å². The van der Waals surface area contributed by atoms with Crippen LogP contribution in [0.2, 0.25) is 5.02 Å². The molecule has 2 fully saturated rings. The van der Waals surface area contributed by atoms with Crippen molar-refractivity contribution >= 4 is 23.5 Å². The molecule has 2 N–H and O–H groups in total. The summed E-state index contributed by atoms with van der Waals surface area (Å²) in [5.74, 6) is 0.806. The number of hydrogen-bond donors (Lipinski definition) is 1. The molecule has 0 aliphatic carbocycles. The number of likely N-dealkylation sites (tertiary alicyclic amines) is 1. The van der Waals surface area contributed by atoms with Crippen molar-refractivity contribution in [2.75, 3.05) is 31.1 Å². The Morgan fingerprint density at radius 3 is 2.58 bits per heavy atom. The summed E-state index contributed by atoms with van der Waals surface area (Å²) in [6.07, 6.45) is 5.48. The fourth-order valence-corrected chi connectivity index (χ4v) is 3.40.